The molecule has 35 heavy (non-hydrogen) atoms. The van der Waals surface area contributed by atoms with Crippen LogP contribution in [0.3, 0.4) is 0 Å². The smallest absolute Gasteiger partial charge is 0.328 e. The average molecular weight is 526 g/mol. The Balaban J connectivity index is 0.000000466. The van der Waals surface area contributed by atoms with Crippen LogP contribution in [0.5, 0.6) is 5.06 Å². The van der Waals surface area contributed by atoms with Gasteiger partial charge in [0, 0.05) is 54.9 Å². The van der Waals surface area contributed by atoms with Gasteiger partial charge in [0.05, 0.1) is 6.04 Å². The maximum absolute atomic E-state index is 14.5. The number of aliphatic carboxylic acids is 2. The Bertz CT molecular complexity index is 1090. The van der Waals surface area contributed by atoms with Crippen molar-refractivity contribution in [2.75, 3.05) is 12.4 Å². The molecule has 11 heteroatoms. The molecular formula is C24H25ClFNO7S. The van der Waals surface area contributed by atoms with Crippen LogP contribution >= 0.6 is 22.9 Å². The normalized spacial score (nSPS) is 13.9. The highest BCUT2D eigenvalue weighted by Gasteiger charge is 2.32. The van der Waals surface area contributed by atoms with E-state index < -0.39 is 18.0 Å². The van der Waals surface area contributed by atoms with Gasteiger partial charge in [-0.15, -0.1) is 22.9 Å². The van der Waals surface area contributed by atoms with Gasteiger partial charge >= 0.3 is 17.9 Å². The average Bonchev–Trinajstić information content (AvgIpc) is 3.19. The summed E-state index contributed by atoms with van der Waals surface area (Å²) in [4.78, 5) is 46.3. The fourth-order valence-electron chi connectivity index (χ4n) is 3.53. The fourth-order valence-corrected chi connectivity index (χ4v) is 4.72. The summed E-state index contributed by atoms with van der Waals surface area (Å²) in [7, 11) is 0. The monoisotopic (exact) mass is 525 g/mol. The van der Waals surface area contributed by atoms with Crippen LogP contribution in [0, 0.1) is 5.82 Å². The highest BCUT2D eigenvalue weighted by molar-refractivity contribution is 7.14. The van der Waals surface area contributed by atoms with Crippen molar-refractivity contribution in [3.63, 3.8) is 0 Å². The first-order valence-corrected chi connectivity index (χ1v) is 12.0. The second kappa shape index (κ2) is 13.7. The molecule has 0 saturated carbocycles. The molecule has 0 spiro atoms. The van der Waals surface area contributed by atoms with Crippen LogP contribution in [0.15, 0.2) is 42.5 Å². The minimum atomic E-state index is -1.26. The zero-order valence-electron chi connectivity index (χ0n) is 18.9. The van der Waals surface area contributed by atoms with Crippen LogP contribution in [0.25, 0.3) is 0 Å². The number of carbonyl (C=O) groups is 4. The van der Waals surface area contributed by atoms with Crippen molar-refractivity contribution in [3.05, 3.63) is 64.3 Å². The number of hydrogen-bond donors (Lipinski definition) is 2. The molecule has 0 aliphatic carbocycles. The topological polar surface area (TPSA) is 121 Å². The second-order valence-electron chi connectivity index (χ2n) is 7.52. The number of carbonyl (C=O) groups excluding carboxylic acids is 2. The first-order valence-electron chi connectivity index (χ1n) is 10.6. The molecule has 2 heterocycles. The largest absolute Gasteiger partial charge is 0.478 e. The van der Waals surface area contributed by atoms with E-state index in [1.807, 2.05) is 11.0 Å². The Morgan fingerprint density at radius 1 is 1.20 bits per heavy atom. The van der Waals surface area contributed by atoms with E-state index in [-0.39, 0.29) is 17.6 Å². The third-order valence-electron chi connectivity index (χ3n) is 4.91. The minimum Gasteiger partial charge on any atom is -0.478 e. The zero-order chi connectivity index (χ0) is 26.0. The number of benzene rings is 1. The summed E-state index contributed by atoms with van der Waals surface area (Å²) in [6, 6.07) is 7.63. The van der Waals surface area contributed by atoms with Crippen molar-refractivity contribution < 1.29 is 38.5 Å². The van der Waals surface area contributed by atoms with Crippen LogP contribution in [-0.4, -0.2) is 51.2 Å². The molecule has 1 aliphatic rings. The van der Waals surface area contributed by atoms with E-state index in [1.165, 1.54) is 24.3 Å². The molecule has 1 aromatic carbocycles. The second-order valence-corrected chi connectivity index (χ2v) is 9.00. The first-order chi connectivity index (χ1) is 16.6. The van der Waals surface area contributed by atoms with Gasteiger partial charge in [-0.3, -0.25) is 14.5 Å². The Labute approximate surface area is 210 Å². The summed E-state index contributed by atoms with van der Waals surface area (Å²) < 4.78 is 19.6. The molecule has 1 atom stereocenters. The molecular weight excluding hydrogens is 501 g/mol. The molecule has 1 unspecified atom stereocenters. The van der Waals surface area contributed by atoms with Crippen molar-refractivity contribution in [3.8, 4) is 5.06 Å². The van der Waals surface area contributed by atoms with Gasteiger partial charge in [0.15, 0.2) is 10.8 Å². The molecule has 0 saturated heterocycles. The van der Waals surface area contributed by atoms with Crippen molar-refractivity contribution in [2.45, 2.75) is 38.8 Å². The Hall–Kier alpha value is -3.08. The van der Waals surface area contributed by atoms with Crippen molar-refractivity contribution in [1.29, 1.82) is 0 Å². The highest BCUT2D eigenvalue weighted by Crippen LogP contribution is 2.37. The van der Waals surface area contributed by atoms with E-state index in [0.717, 1.165) is 16.9 Å². The molecule has 3 rings (SSSR count). The van der Waals surface area contributed by atoms with Gasteiger partial charge in [-0.1, -0.05) is 18.2 Å². The molecule has 2 aromatic rings. The van der Waals surface area contributed by atoms with Crippen molar-refractivity contribution in [2.24, 2.45) is 0 Å². The van der Waals surface area contributed by atoms with Crippen LogP contribution in [0.2, 0.25) is 0 Å². The molecule has 0 fully saturated rings. The molecule has 0 amide bonds. The number of carboxylic acid groups (broad SMARTS) is 2. The summed E-state index contributed by atoms with van der Waals surface area (Å²) in [5.41, 5.74) is 1.42. The van der Waals surface area contributed by atoms with E-state index in [2.05, 4.69) is 0 Å². The summed E-state index contributed by atoms with van der Waals surface area (Å²) in [5.74, 6) is -2.88. The highest BCUT2D eigenvalue weighted by atomic mass is 35.5. The number of thiophene rings is 1. The van der Waals surface area contributed by atoms with Crippen LogP contribution in [0.1, 0.15) is 41.8 Å². The predicted octanol–water partition coefficient (Wildman–Crippen LogP) is 4.21. The maximum atomic E-state index is 14.5. The Morgan fingerprint density at radius 2 is 1.86 bits per heavy atom. The van der Waals surface area contributed by atoms with Gasteiger partial charge < -0.3 is 14.9 Å². The number of ether oxygens (including phenoxy) is 1. The number of alkyl halides is 1. The molecule has 1 aliphatic heterocycles. The number of ketones is 1. The lowest BCUT2D eigenvalue weighted by molar-refractivity contribution is -0.134. The molecule has 1 aromatic heterocycles. The quantitative estimate of drug-likeness (QED) is 0.284. The number of rotatable bonds is 9. The van der Waals surface area contributed by atoms with Crippen molar-refractivity contribution >= 4 is 46.6 Å². The molecule has 188 valence electrons. The summed E-state index contributed by atoms with van der Waals surface area (Å²) >= 11 is 7.20. The van der Waals surface area contributed by atoms with Crippen LogP contribution < -0.4 is 4.74 Å². The van der Waals surface area contributed by atoms with Crippen LogP contribution in [-0.2, 0) is 32.1 Å². The van der Waals surface area contributed by atoms with E-state index >= 15 is 0 Å². The Kier molecular flexibility index (Phi) is 11.0. The SMILES string of the molecule is CC(=O)Oc1cc2c(s1)CCN(C(C(=O)CCCCl)c1ccccc1F)C2.O=C(O)/C=C\C(=O)O. The van der Waals surface area contributed by atoms with Crippen molar-refractivity contribution in [1.82, 2.24) is 4.90 Å². The van der Waals surface area contributed by atoms with Gasteiger partial charge in [0.1, 0.15) is 5.82 Å². The third kappa shape index (κ3) is 8.89. The van der Waals surface area contributed by atoms with Crippen LogP contribution in [0.4, 0.5) is 4.39 Å². The van der Waals surface area contributed by atoms with Gasteiger partial charge in [0.2, 0.25) is 0 Å². The summed E-state index contributed by atoms with van der Waals surface area (Å²) in [5, 5.41) is 16.2. The fraction of sp³-hybridized carbons (Fsp3) is 0.333. The third-order valence-corrected chi connectivity index (χ3v) is 6.30. The molecule has 8 nitrogen and oxygen atoms in total. The number of fused-ring (bicyclic) bond motifs is 1. The van der Waals surface area contributed by atoms with Gasteiger partial charge in [-0.2, -0.15) is 0 Å². The van der Waals surface area contributed by atoms with Gasteiger partial charge in [-0.05, 0) is 30.5 Å². The summed E-state index contributed by atoms with van der Waals surface area (Å²) in [6.07, 6.45) is 2.73. The van der Waals surface area contributed by atoms with E-state index in [9.17, 15) is 23.6 Å². The maximum Gasteiger partial charge on any atom is 0.328 e. The molecule has 2 N–H and O–H groups in total. The number of Topliss-reactive ketones (excluding diaryl/α,β-unsaturated/α-hetero) is 1. The summed E-state index contributed by atoms with van der Waals surface area (Å²) in [6.45, 7) is 2.52. The lowest BCUT2D eigenvalue weighted by Crippen LogP contribution is -2.38. The first kappa shape index (κ1) is 28.2. The Morgan fingerprint density at radius 3 is 2.43 bits per heavy atom. The number of carboxylic acids is 2. The predicted molar refractivity (Wildman–Crippen MR) is 128 cm³/mol. The van der Waals surface area contributed by atoms with Gasteiger partial charge in [0.25, 0.3) is 0 Å². The van der Waals surface area contributed by atoms with Gasteiger partial charge in [-0.25, -0.2) is 14.0 Å². The lowest BCUT2D eigenvalue weighted by atomic mass is 9.95. The lowest BCUT2D eigenvalue weighted by Gasteiger charge is -2.34. The number of esters is 1. The number of halogens is 2. The molecule has 0 bridgehead atoms. The van der Waals surface area contributed by atoms with E-state index in [0.29, 0.717) is 54.6 Å². The number of hydrogen-bond acceptors (Lipinski definition) is 7. The molecule has 0 radical (unpaired) electrons. The standard InChI is InChI=1S/C20H21ClFNO3S.C4H4O4/c1-13(24)26-19-11-14-12-23(10-8-18(14)27-19)20(17(25)7-4-9-21)15-5-2-3-6-16(15)22;5-3(6)1-2-4(7)8/h2-3,5-6,11,20H,4,7-10,12H2,1H3;1-2H,(H,5,6)(H,7,8)/b;2-1-. The minimum absolute atomic E-state index is 0.0281. The van der Waals surface area contributed by atoms with E-state index in [1.54, 1.807) is 18.2 Å². The zero-order valence-corrected chi connectivity index (χ0v) is 20.5. The number of nitrogens with zero attached hydrogens (tertiary/aromatic N) is 1. The van der Waals surface area contributed by atoms with E-state index in [4.69, 9.17) is 26.6 Å².